The number of rotatable bonds is 7. The molecule has 0 saturated heterocycles. The van der Waals surface area contributed by atoms with Crippen molar-refractivity contribution in [2.75, 3.05) is 31.8 Å². The van der Waals surface area contributed by atoms with E-state index < -0.39 is 21.7 Å². The zero-order valence-electron chi connectivity index (χ0n) is 23.5. The zero-order chi connectivity index (χ0) is 30.5. The van der Waals surface area contributed by atoms with Crippen LogP contribution in [0.25, 0.3) is 53.9 Å². The second-order valence-electron chi connectivity index (χ2n) is 9.79. The molecule has 1 amide bonds. The summed E-state index contributed by atoms with van der Waals surface area (Å²) in [6.07, 6.45) is 6.21. The summed E-state index contributed by atoms with van der Waals surface area (Å²) < 4.78 is 53.2. The minimum Gasteiger partial charge on any atom is -0.481 e. The highest BCUT2D eigenvalue weighted by molar-refractivity contribution is 7.92. The first-order valence-corrected chi connectivity index (χ1v) is 15.7. The topological polar surface area (TPSA) is 115 Å². The summed E-state index contributed by atoms with van der Waals surface area (Å²) in [6.45, 7) is 0. The lowest BCUT2D eigenvalue weighted by Gasteiger charge is -2.21. The number of thiophene rings is 1. The summed E-state index contributed by atoms with van der Waals surface area (Å²) in [6, 6.07) is 14.7. The lowest BCUT2D eigenvalue weighted by Crippen LogP contribution is -2.25. The Morgan fingerprint density at radius 3 is 2.49 bits per heavy atom. The smallest absolute Gasteiger partial charge is 0.255 e. The molecule has 4 heterocycles. The molecular formula is C31H25FN4O5S2. The molecule has 0 aliphatic carbocycles. The Labute approximate surface area is 250 Å². The van der Waals surface area contributed by atoms with Crippen LogP contribution in [0.15, 0.2) is 77.6 Å². The molecule has 12 heteroatoms. The van der Waals surface area contributed by atoms with E-state index in [4.69, 9.17) is 9.15 Å². The van der Waals surface area contributed by atoms with Crippen molar-refractivity contribution in [2.45, 2.75) is 0 Å². The van der Waals surface area contributed by atoms with E-state index in [-0.39, 0.29) is 16.9 Å². The maximum atomic E-state index is 13.7. The van der Waals surface area contributed by atoms with E-state index in [0.717, 1.165) is 25.5 Å². The van der Waals surface area contributed by atoms with E-state index in [2.05, 4.69) is 15.3 Å². The number of benzene rings is 2. The number of methoxy groups -OCH3 is 1. The molecule has 0 aliphatic heterocycles. The van der Waals surface area contributed by atoms with Gasteiger partial charge in [-0.2, -0.15) is 0 Å². The minimum absolute atomic E-state index is 0.229. The number of furan rings is 1. The van der Waals surface area contributed by atoms with Gasteiger partial charge in [0.2, 0.25) is 15.9 Å². The normalized spacial score (nSPS) is 11.7. The van der Waals surface area contributed by atoms with Gasteiger partial charge in [0, 0.05) is 65.7 Å². The van der Waals surface area contributed by atoms with Crippen LogP contribution >= 0.6 is 11.3 Å². The van der Waals surface area contributed by atoms with Gasteiger partial charge in [-0.05, 0) is 53.9 Å². The van der Waals surface area contributed by atoms with E-state index in [0.29, 0.717) is 39.2 Å². The van der Waals surface area contributed by atoms with Crippen LogP contribution in [0, 0.1) is 5.82 Å². The lowest BCUT2D eigenvalue weighted by molar-refractivity contribution is 0.0964. The first-order valence-electron chi connectivity index (χ1n) is 13.0. The van der Waals surface area contributed by atoms with Gasteiger partial charge in [-0.1, -0.05) is 0 Å². The maximum Gasteiger partial charge on any atom is 0.255 e. The van der Waals surface area contributed by atoms with E-state index in [1.807, 2.05) is 18.2 Å². The number of fused-ring (bicyclic) bond motifs is 2. The van der Waals surface area contributed by atoms with Crippen molar-refractivity contribution in [1.29, 1.82) is 0 Å². The van der Waals surface area contributed by atoms with Crippen LogP contribution in [0.3, 0.4) is 0 Å². The fourth-order valence-electron chi connectivity index (χ4n) is 4.91. The molecule has 0 saturated carbocycles. The highest BCUT2D eigenvalue weighted by atomic mass is 32.2. The molecule has 0 fully saturated rings. The van der Waals surface area contributed by atoms with Crippen LogP contribution in [0.1, 0.15) is 10.4 Å². The average molecular weight is 617 g/mol. The van der Waals surface area contributed by atoms with Crippen molar-refractivity contribution in [3.8, 4) is 38.8 Å². The summed E-state index contributed by atoms with van der Waals surface area (Å²) in [4.78, 5) is 22.9. The van der Waals surface area contributed by atoms with Crippen molar-refractivity contribution in [1.82, 2.24) is 15.3 Å². The number of sulfonamides is 1. The molecule has 0 unspecified atom stereocenters. The van der Waals surface area contributed by atoms with Crippen LogP contribution < -0.4 is 14.4 Å². The molecule has 43 heavy (non-hydrogen) atoms. The summed E-state index contributed by atoms with van der Waals surface area (Å²) in [5.74, 6) is -0.221. The number of nitrogens with one attached hydrogen (secondary N) is 1. The summed E-state index contributed by atoms with van der Waals surface area (Å²) in [5.41, 5.74) is 3.12. The highest BCUT2D eigenvalue weighted by Crippen LogP contribution is 2.44. The number of nitrogens with zero attached hydrogens (tertiary/aromatic N) is 3. The summed E-state index contributed by atoms with van der Waals surface area (Å²) >= 11 is 1.53. The van der Waals surface area contributed by atoms with E-state index in [1.54, 1.807) is 30.7 Å². The maximum absolute atomic E-state index is 13.7. The summed E-state index contributed by atoms with van der Waals surface area (Å²) in [7, 11) is 0.774. The van der Waals surface area contributed by atoms with Gasteiger partial charge in [-0.25, -0.2) is 17.8 Å². The monoisotopic (exact) mass is 616 g/mol. The van der Waals surface area contributed by atoms with Crippen LogP contribution in [-0.4, -0.2) is 51.8 Å². The number of halogens is 1. The number of pyridine rings is 2. The van der Waals surface area contributed by atoms with Crippen molar-refractivity contribution in [3.63, 3.8) is 0 Å². The van der Waals surface area contributed by atoms with Gasteiger partial charge in [-0.15, -0.1) is 11.3 Å². The fraction of sp³-hybridized carbons (Fsp3) is 0.129. The number of amides is 1. The van der Waals surface area contributed by atoms with Crippen molar-refractivity contribution in [2.24, 2.45) is 0 Å². The first-order chi connectivity index (χ1) is 20.6. The lowest BCUT2D eigenvalue weighted by atomic mass is 9.98. The first kappa shape index (κ1) is 28.3. The highest BCUT2D eigenvalue weighted by Gasteiger charge is 2.26. The van der Waals surface area contributed by atoms with Gasteiger partial charge in [0.25, 0.3) is 5.91 Å². The molecule has 0 aliphatic rings. The van der Waals surface area contributed by atoms with Crippen molar-refractivity contribution >= 4 is 54.0 Å². The van der Waals surface area contributed by atoms with Crippen LogP contribution in [0.5, 0.6) is 5.88 Å². The van der Waals surface area contributed by atoms with Gasteiger partial charge >= 0.3 is 0 Å². The second kappa shape index (κ2) is 10.8. The Morgan fingerprint density at radius 2 is 1.81 bits per heavy atom. The average Bonchev–Trinajstić information content (AvgIpc) is 3.61. The zero-order valence-corrected chi connectivity index (χ0v) is 25.1. The third kappa shape index (κ3) is 5.08. The molecule has 6 rings (SSSR count). The molecule has 2 aromatic carbocycles. The molecule has 0 atom stereocenters. The SMILES string of the molecule is CNC(=O)c1c(-c2ccc(F)cc2)oc2cc(N(C)S(C)(=O)=O)c(-c3cnc(OC)c(-c4cc5ccncc5s4)c3)cc12. The number of anilines is 1. The Hall–Kier alpha value is -4.81. The third-order valence-corrected chi connectivity index (χ3v) is 9.46. The van der Waals surface area contributed by atoms with Gasteiger partial charge in [0.15, 0.2) is 0 Å². The standard InChI is InChI=1S/C31H25FN4O5S2/c1-33-30(37)28-22-13-21(19-11-23(31(40-3)35-15-19)26-12-18-9-10-34-16-27(18)42-26)24(36(2)43(4,38)39)14-25(22)41-29(28)17-5-7-20(32)8-6-17/h5-16H,1-4H3,(H,33,37). The Morgan fingerprint density at radius 1 is 1.05 bits per heavy atom. The van der Waals surface area contributed by atoms with Crippen LogP contribution in [-0.2, 0) is 10.0 Å². The molecule has 218 valence electrons. The minimum atomic E-state index is -3.71. The fourth-order valence-corrected chi connectivity index (χ4v) is 6.46. The number of hydrogen-bond donors (Lipinski definition) is 1. The number of aromatic nitrogens is 2. The van der Waals surface area contributed by atoms with Gasteiger partial charge in [0.1, 0.15) is 17.2 Å². The predicted octanol–water partition coefficient (Wildman–Crippen LogP) is 6.34. The van der Waals surface area contributed by atoms with E-state index >= 15 is 0 Å². The van der Waals surface area contributed by atoms with Gasteiger partial charge in [0.05, 0.1) is 34.9 Å². The Balaban J connectivity index is 1.64. The number of carbonyl (C=O) groups is 1. The van der Waals surface area contributed by atoms with Gasteiger partial charge < -0.3 is 14.5 Å². The van der Waals surface area contributed by atoms with Crippen molar-refractivity contribution < 1.29 is 26.8 Å². The number of hydrogen-bond acceptors (Lipinski definition) is 8. The predicted molar refractivity (Wildman–Crippen MR) is 167 cm³/mol. The summed E-state index contributed by atoms with van der Waals surface area (Å²) in [5, 5.41) is 4.11. The molecule has 0 bridgehead atoms. The number of ether oxygens (including phenoxy) is 1. The quantitative estimate of drug-likeness (QED) is 0.223. The molecule has 1 N–H and O–H groups in total. The number of carbonyl (C=O) groups excluding carboxylic acids is 1. The van der Waals surface area contributed by atoms with Crippen LogP contribution in [0.2, 0.25) is 0 Å². The van der Waals surface area contributed by atoms with Gasteiger partial charge in [-0.3, -0.25) is 14.1 Å². The van der Waals surface area contributed by atoms with Crippen LogP contribution in [0.4, 0.5) is 10.1 Å². The molecule has 0 radical (unpaired) electrons. The molecular weight excluding hydrogens is 591 g/mol. The largest absolute Gasteiger partial charge is 0.481 e. The Bertz CT molecular complexity index is 2110. The van der Waals surface area contributed by atoms with E-state index in [1.165, 1.54) is 56.8 Å². The van der Waals surface area contributed by atoms with Crippen molar-refractivity contribution in [3.05, 3.63) is 84.6 Å². The molecule has 9 nitrogen and oxygen atoms in total. The molecule has 4 aromatic heterocycles. The second-order valence-corrected chi connectivity index (χ2v) is 12.9. The molecule has 0 spiro atoms. The molecule has 6 aromatic rings. The van der Waals surface area contributed by atoms with E-state index in [9.17, 15) is 17.6 Å². The Kier molecular flexibility index (Phi) is 7.10. The third-order valence-electron chi connectivity index (χ3n) is 7.15.